The maximum atomic E-state index is 12.0. The number of amides is 2. The predicted molar refractivity (Wildman–Crippen MR) is 71.5 cm³/mol. The Bertz CT molecular complexity index is 325. The molecule has 5 heteroatoms. The van der Waals surface area contributed by atoms with E-state index in [1.54, 1.807) is 4.90 Å². The topological polar surface area (TPSA) is 69.6 Å². The Hall–Kier alpha value is -1.10. The molecule has 2 amide bonds. The van der Waals surface area contributed by atoms with E-state index in [0.717, 1.165) is 44.9 Å². The Morgan fingerprint density at radius 2 is 1.95 bits per heavy atom. The van der Waals surface area contributed by atoms with Crippen LogP contribution in [0.4, 0.5) is 0 Å². The molecule has 2 N–H and O–H groups in total. The van der Waals surface area contributed by atoms with E-state index in [0.29, 0.717) is 13.0 Å². The summed E-state index contributed by atoms with van der Waals surface area (Å²) in [6.45, 7) is 0.896. The minimum absolute atomic E-state index is 0.0587. The molecular weight excluding hydrogens is 244 g/mol. The molecule has 0 aromatic heterocycles. The van der Waals surface area contributed by atoms with E-state index in [4.69, 9.17) is 0 Å². The first-order valence-electron chi connectivity index (χ1n) is 7.40. The SMILES string of the molecule is O=C(CN1CCCCCC1=O)NC1CCC(O)CC1. The lowest BCUT2D eigenvalue weighted by atomic mass is 9.93. The van der Waals surface area contributed by atoms with Gasteiger partial charge in [-0.2, -0.15) is 0 Å². The van der Waals surface area contributed by atoms with Gasteiger partial charge in [-0.1, -0.05) is 6.42 Å². The number of carbonyl (C=O) groups is 2. The summed E-state index contributed by atoms with van der Waals surface area (Å²) in [5.74, 6) is 0.0448. The van der Waals surface area contributed by atoms with Gasteiger partial charge in [0, 0.05) is 19.0 Å². The molecule has 1 aliphatic heterocycles. The van der Waals surface area contributed by atoms with Gasteiger partial charge in [-0.15, -0.1) is 0 Å². The number of nitrogens with one attached hydrogen (secondary N) is 1. The van der Waals surface area contributed by atoms with Crippen LogP contribution >= 0.6 is 0 Å². The zero-order valence-electron chi connectivity index (χ0n) is 11.4. The highest BCUT2D eigenvalue weighted by molar-refractivity contribution is 5.85. The largest absolute Gasteiger partial charge is 0.393 e. The van der Waals surface area contributed by atoms with Gasteiger partial charge in [0.15, 0.2) is 0 Å². The molecule has 1 saturated heterocycles. The van der Waals surface area contributed by atoms with Gasteiger partial charge in [-0.3, -0.25) is 9.59 Å². The Morgan fingerprint density at radius 1 is 1.21 bits per heavy atom. The van der Waals surface area contributed by atoms with Crippen LogP contribution in [-0.2, 0) is 9.59 Å². The third kappa shape index (κ3) is 4.49. The maximum absolute atomic E-state index is 12.0. The molecular formula is C14H24N2O3. The highest BCUT2D eigenvalue weighted by Gasteiger charge is 2.23. The van der Waals surface area contributed by atoms with Crippen LogP contribution in [0.15, 0.2) is 0 Å². The molecule has 2 fully saturated rings. The van der Waals surface area contributed by atoms with Crippen LogP contribution in [0.25, 0.3) is 0 Å². The molecule has 0 spiro atoms. The second-order valence-corrected chi connectivity index (χ2v) is 5.70. The van der Waals surface area contributed by atoms with Crippen molar-refractivity contribution in [3.8, 4) is 0 Å². The zero-order valence-corrected chi connectivity index (χ0v) is 11.4. The number of likely N-dealkylation sites (tertiary alicyclic amines) is 1. The van der Waals surface area contributed by atoms with Crippen LogP contribution < -0.4 is 5.32 Å². The number of carbonyl (C=O) groups excluding carboxylic acids is 2. The third-order valence-corrected chi connectivity index (χ3v) is 4.07. The quantitative estimate of drug-likeness (QED) is 0.796. The van der Waals surface area contributed by atoms with Gasteiger partial charge >= 0.3 is 0 Å². The Balaban J connectivity index is 1.75. The summed E-state index contributed by atoms with van der Waals surface area (Å²) in [6, 6.07) is 0.165. The Kier molecular flexibility index (Phi) is 5.19. The summed E-state index contributed by atoms with van der Waals surface area (Å²) in [5, 5.41) is 12.4. The normalized spacial score (nSPS) is 28.9. The summed E-state index contributed by atoms with van der Waals surface area (Å²) in [5.41, 5.74) is 0. The molecule has 0 aromatic rings. The minimum Gasteiger partial charge on any atom is -0.393 e. The van der Waals surface area contributed by atoms with Crippen LogP contribution in [0.2, 0.25) is 0 Å². The Morgan fingerprint density at radius 3 is 2.68 bits per heavy atom. The molecule has 19 heavy (non-hydrogen) atoms. The van der Waals surface area contributed by atoms with E-state index < -0.39 is 0 Å². The summed E-state index contributed by atoms with van der Waals surface area (Å²) in [4.78, 5) is 25.4. The van der Waals surface area contributed by atoms with E-state index in [9.17, 15) is 14.7 Å². The molecule has 108 valence electrons. The van der Waals surface area contributed by atoms with Gasteiger partial charge in [0.2, 0.25) is 11.8 Å². The molecule has 2 rings (SSSR count). The van der Waals surface area contributed by atoms with Gasteiger partial charge in [-0.25, -0.2) is 0 Å². The van der Waals surface area contributed by atoms with Crippen LogP contribution in [0.5, 0.6) is 0 Å². The minimum atomic E-state index is -0.208. The lowest BCUT2D eigenvalue weighted by Crippen LogP contribution is -2.45. The first-order chi connectivity index (χ1) is 9.15. The van der Waals surface area contributed by atoms with Crippen LogP contribution in [0, 0.1) is 0 Å². The van der Waals surface area contributed by atoms with Crippen molar-refractivity contribution in [3.05, 3.63) is 0 Å². The number of rotatable bonds is 3. The molecule has 0 unspecified atom stereocenters. The lowest BCUT2D eigenvalue weighted by molar-refractivity contribution is -0.135. The van der Waals surface area contributed by atoms with Crippen molar-refractivity contribution in [3.63, 3.8) is 0 Å². The van der Waals surface area contributed by atoms with Crippen molar-refractivity contribution in [2.75, 3.05) is 13.1 Å². The van der Waals surface area contributed by atoms with Crippen LogP contribution in [0.1, 0.15) is 51.4 Å². The van der Waals surface area contributed by atoms with E-state index in [-0.39, 0.29) is 30.5 Å². The Labute approximate surface area is 114 Å². The van der Waals surface area contributed by atoms with Crippen molar-refractivity contribution in [2.45, 2.75) is 63.5 Å². The number of hydrogen-bond acceptors (Lipinski definition) is 3. The zero-order chi connectivity index (χ0) is 13.7. The van der Waals surface area contributed by atoms with Gasteiger partial charge < -0.3 is 15.3 Å². The predicted octanol–water partition coefficient (Wildman–Crippen LogP) is 0.809. The third-order valence-electron chi connectivity index (χ3n) is 4.07. The van der Waals surface area contributed by atoms with Crippen LogP contribution in [0.3, 0.4) is 0 Å². The summed E-state index contributed by atoms with van der Waals surface area (Å²) in [6.07, 6.45) is 6.56. The van der Waals surface area contributed by atoms with E-state index in [1.807, 2.05) is 0 Å². The molecule has 1 aliphatic carbocycles. The smallest absolute Gasteiger partial charge is 0.239 e. The van der Waals surface area contributed by atoms with E-state index in [1.165, 1.54) is 0 Å². The molecule has 0 bridgehead atoms. The molecule has 0 radical (unpaired) electrons. The number of nitrogens with zero attached hydrogens (tertiary/aromatic N) is 1. The van der Waals surface area contributed by atoms with E-state index in [2.05, 4.69) is 5.32 Å². The summed E-state index contributed by atoms with van der Waals surface area (Å²) >= 11 is 0. The summed E-state index contributed by atoms with van der Waals surface area (Å²) < 4.78 is 0. The van der Waals surface area contributed by atoms with Gasteiger partial charge in [0.05, 0.1) is 12.6 Å². The molecule has 5 nitrogen and oxygen atoms in total. The molecule has 2 aliphatic rings. The average molecular weight is 268 g/mol. The van der Waals surface area contributed by atoms with E-state index >= 15 is 0 Å². The highest BCUT2D eigenvalue weighted by Crippen LogP contribution is 2.18. The first-order valence-corrected chi connectivity index (χ1v) is 7.40. The van der Waals surface area contributed by atoms with Crippen LogP contribution in [-0.4, -0.2) is 47.1 Å². The second-order valence-electron chi connectivity index (χ2n) is 5.70. The second kappa shape index (κ2) is 6.89. The van der Waals surface area contributed by atoms with Crippen molar-refractivity contribution < 1.29 is 14.7 Å². The number of aliphatic hydroxyl groups excluding tert-OH is 1. The average Bonchev–Trinajstić information content (AvgIpc) is 2.58. The van der Waals surface area contributed by atoms with Crippen molar-refractivity contribution >= 4 is 11.8 Å². The number of aliphatic hydroxyl groups is 1. The van der Waals surface area contributed by atoms with Gasteiger partial charge in [-0.05, 0) is 38.5 Å². The molecule has 1 heterocycles. The number of hydrogen-bond donors (Lipinski definition) is 2. The standard InChI is InChI=1S/C14H24N2O3/c17-12-7-5-11(6-8-12)15-13(18)10-16-9-3-1-2-4-14(16)19/h11-12,17H,1-10H2,(H,15,18). The highest BCUT2D eigenvalue weighted by atomic mass is 16.3. The fraction of sp³-hybridized carbons (Fsp3) is 0.857. The van der Waals surface area contributed by atoms with Crippen molar-refractivity contribution in [1.82, 2.24) is 10.2 Å². The maximum Gasteiger partial charge on any atom is 0.239 e. The molecule has 0 atom stereocenters. The van der Waals surface area contributed by atoms with Crippen molar-refractivity contribution in [1.29, 1.82) is 0 Å². The monoisotopic (exact) mass is 268 g/mol. The van der Waals surface area contributed by atoms with Gasteiger partial charge in [0.1, 0.15) is 0 Å². The molecule has 1 saturated carbocycles. The lowest BCUT2D eigenvalue weighted by Gasteiger charge is -2.27. The molecule has 0 aromatic carbocycles. The first kappa shape index (κ1) is 14.3. The van der Waals surface area contributed by atoms with Gasteiger partial charge in [0.25, 0.3) is 0 Å². The fourth-order valence-corrected chi connectivity index (χ4v) is 2.87. The summed E-state index contributed by atoms with van der Waals surface area (Å²) in [7, 11) is 0. The van der Waals surface area contributed by atoms with Crippen molar-refractivity contribution in [2.24, 2.45) is 0 Å². The fourth-order valence-electron chi connectivity index (χ4n) is 2.87.